The molecule has 1 N–H and O–H groups in total. The molecule has 1 atom stereocenters. The van der Waals surface area contributed by atoms with Crippen LogP contribution < -0.4 is 5.32 Å². The van der Waals surface area contributed by atoms with Gasteiger partial charge in [-0.2, -0.15) is 0 Å². The number of carbonyl (C=O) groups excluding carboxylic acids is 1. The Morgan fingerprint density at radius 1 is 1.42 bits per heavy atom. The van der Waals surface area contributed by atoms with Crippen LogP contribution in [0.4, 0.5) is 0 Å². The Balaban J connectivity index is 1.72. The monoisotopic (exact) mass is 293 g/mol. The predicted octanol–water partition coefficient (Wildman–Crippen LogP) is 2.38. The lowest BCUT2D eigenvalue weighted by Crippen LogP contribution is -2.32. The van der Waals surface area contributed by atoms with Gasteiger partial charge in [0.2, 0.25) is 5.91 Å². The Labute approximate surface area is 120 Å². The van der Waals surface area contributed by atoms with Crippen molar-refractivity contribution in [3.05, 3.63) is 41.4 Å². The van der Waals surface area contributed by atoms with Gasteiger partial charge >= 0.3 is 0 Å². The summed E-state index contributed by atoms with van der Waals surface area (Å²) in [6, 6.07) is 10.1. The van der Waals surface area contributed by atoms with Gasteiger partial charge in [0.05, 0.1) is 5.25 Å². The molecule has 0 aliphatic heterocycles. The molecule has 0 aliphatic rings. The van der Waals surface area contributed by atoms with Crippen LogP contribution in [0.1, 0.15) is 12.5 Å². The van der Waals surface area contributed by atoms with Crippen molar-refractivity contribution in [1.82, 2.24) is 15.5 Å². The van der Waals surface area contributed by atoms with Gasteiger partial charge in [0.15, 0.2) is 4.34 Å². The number of nitrogens with zero attached hydrogens (tertiary/aromatic N) is 2. The fraction of sp³-hybridized carbons (Fsp3) is 0.308. The zero-order valence-corrected chi connectivity index (χ0v) is 12.2. The highest BCUT2D eigenvalue weighted by Gasteiger charge is 2.15. The molecular weight excluding hydrogens is 278 g/mol. The van der Waals surface area contributed by atoms with Gasteiger partial charge in [0, 0.05) is 6.54 Å². The van der Waals surface area contributed by atoms with E-state index < -0.39 is 0 Å². The lowest BCUT2D eigenvalue weighted by atomic mass is 10.1. The fourth-order valence-corrected chi connectivity index (χ4v) is 3.19. The van der Waals surface area contributed by atoms with Crippen LogP contribution in [0, 0.1) is 0 Å². The molecule has 2 aromatic rings. The molecule has 0 saturated heterocycles. The second-order valence-electron chi connectivity index (χ2n) is 3.99. The summed E-state index contributed by atoms with van der Waals surface area (Å²) in [6.45, 7) is 2.54. The van der Waals surface area contributed by atoms with Crippen LogP contribution in [0.25, 0.3) is 0 Å². The molecular formula is C13H15N3OS2. The van der Waals surface area contributed by atoms with Crippen LogP contribution in [0.5, 0.6) is 0 Å². The van der Waals surface area contributed by atoms with E-state index in [1.807, 2.05) is 25.1 Å². The van der Waals surface area contributed by atoms with E-state index >= 15 is 0 Å². The quantitative estimate of drug-likeness (QED) is 0.831. The minimum Gasteiger partial charge on any atom is -0.355 e. The molecule has 1 aromatic heterocycles. The van der Waals surface area contributed by atoms with Crippen LogP contribution in [0.3, 0.4) is 0 Å². The minimum atomic E-state index is -0.149. The third-order valence-electron chi connectivity index (χ3n) is 2.54. The van der Waals surface area contributed by atoms with Crippen LogP contribution in [-0.2, 0) is 11.2 Å². The molecule has 100 valence electrons. The summed E-state index contributed by atoms with van der Waals surface area (Å²) in [5.41, 5.74) is 2.90. The van der Waals surface area contributed by atoms with Crippen LogP contribution in [0.15, 0.2) is 40.2 Å². The normalized spacial score (nSPS) is 12.1. The van der Waals surface area contributed by atoms with Crippen molar-refractivity contribution < 1.29 is 4.79 Å². The molecule has 0 spiro atoms. The van der Waals surface area contributed by atoms with Crippen molar-refractivity contribution in [2.45, 2.75) is 22.9 Å². The van der Waals surface area contributed by atoms with E-state index in [0.29, 0.717) is 6.54 Å². The largest absolute Gasteiger partial charge is 0.355 e. The number of benzene rings is 1. The van der Waals surface area contributed by atoms with Gasteiger partial charge < -0.3 is 5.32 Å². The number of hydrogen-bond acceptors (Lipinski definition) is 5. The molecule has 0 saturated carbocycles. The van der Waals surface area contributed by atoms with Crippen molar-refractivity contribution in [2.24, 2.45) is 0 Å². The topological polar surface area (TPSA) is 54.9 Å². The summed E-state index contributed by atoms with van der Waals surface area (Å²) in [6.07, 6.45) is 0.850. The third kappa shape index (κ3) is 4.65. The van der Waals surface area contributed by atoms with Crippen molar-refractivity contribution in [3.63, 3.8) is 0 Å². The average Bonchev–Trinajstić information content (AvgIpc) is 2.92. The summed E-state index contributed by atoms with van der Waals surface area (Å²) in [4.78, 5) is 11.9. The number of aromatic nitrogens is 2. The van der Waals surface area contributed by atoms with E-state index in [0.717, 1.165) is 10.8 Å². The maximum Gasteiger partial charge on any atom is 0.233 e. The molecule has 0 radical (unpaired) electrons. The van der Waals surface area contributed by atoms with Gasteiger partial charge in [-0.1, -0.05) is 53.4 Å². The van der Waals surface area contributed by atoms with Crippen molar-refractivity contribution in [3.8, 4) is 0 Å². The van der Waals surface area contributed by atoms with Crippen molar-refractivity contribution in [1.29, 1.82) is 0 Å². The van der Waals surface area contributed by atoms with E-state index in [9.17, 15) is 4.79 Å². The number of amides is 1. The maximum absolute atomic E-state index is 11.9. The summed E-state index contributed by atoms with van der Waals surface area (Å²) in [5, 5.41) is 10.5. The first-order valence-corrected chi connectivity index (χ1v) is 7.76. The summed E-state index contributed by atoms with van der Waals surface area (Å²) < 4.78 is 0.825. The van der Waals surface area contributed by atoms with Crippen molar-refractivity contribution in [2.75, 3.05) is 6.54 Å². The van der Waals surface area contributed by atoms with Gasteiger partial charge in [-0.15, -0.1) is 10.2 Å². The molecule has 1 heterocycles. The highest BCUT2D eigenvalue weighted by Crippen LogP contribution is 2.23. The van der Waals surface area contributed by atoms with E-state index in [4.69, 9.17) is 0 Å². The van der Waals surface area contributed by atoms with E-state index in [-0.39, 0.29) is 11.2 Å². The lowest BCUT2D eigenvalue weighted by molar-refractivity contribution is -0.120. The molecule has 0 bridgehead atoms. The van der Waals surface area contributed by atoms with Gasteiger partial charge in [-0.05, 0) is 18.9 Å². The first-order chi connectivity index (χ1) is 9.25. The van der Waals surface area contributed by atoms with E-state index in [1.54, 1.807) is 5.51 Å². The molecule has 0 aliphatic carbocycles. The first-order valence-electron chi connectivity index (χ1n) is 6.00. The molecule has 1 aromatic carbocycles. The first kappa shape index (κ1) is 14.0. The summed E-state index contributed by atoms with van der Waals surface area (Å²) in [7, 11) is 0. The number of hydrogen-bond donors (Lipinski definition) is 1. The Morgan fingerprint density at radius 2 is 2.21 bits per heavy atom. The summed E-state index contributed by atoms with van der Waals surface area (Å²) >= 11 is 2.89. The molecule has 1 amide bonds. The number of rotatable bonds is 6. The molecule has 4 nitrogen and oxygen atoms in total. The Hall–Kier alpha value is -1.40. The number of nitrogens with one attached hydrogen (secondary N) is 1. The van der Waals surface area contributed by atoms with Crippen LogP contribution in [-0.4, -0.2) is 27.9 Å². The zero-order chi connectivity index (χ0) is 13.5. The smallest absolute Gasteiger partial charge is 0.233 e. The predicted molar refractivity (Wildman–Crippen MR) is 78.4 cm³/mol. The van der Waals surface area contributed by atoms with Gasteiger partial charge in [0.25, 0.3) is 0 Å². The minimum absolute atomic E-state index is 0.0381. The highest BCUT2D eigenvalue weighted by atomic mass is 32.2. The molecule has 6 heteroatoms. The standard InChI is InChI=1S/C13H15N3OS2/c1-10(19-13-16-15-9-18-13)12(17)14-8-7-11-5-3-2-4-6-11/h2-6,9-10H,7-8H2,1H3,(H,14,17)/t10-/m0/s1. The molecule has 2 rings (SSSR count). The Morgan fingerprint density at radius 3 is 2.89 bits per heavy atom. The summed E-state index contributed by atoms with van der Waals surface area (Å²) in [5.74, 6) is 0.0381. The lowest BCUT2D eigenvalue weighted by Gasteiger charge is -2.10. The Kier molecular flexibility index (Phi) is 5.35. The van der Waals surface area contributed by atoms with Gasteiger partial charge in [-0.25, -0.2) is 0 Å². The Bertz CT molecular complexity index is 502. The zero-order valence-electron chi connectivity index (χ0n) is 10.6. The average molecular weight is 293 g/mol. The van der Waals surface area contributed by atoms with E-state index in [1.165, 1.54) is 28.7 Å². The van der Waals surface area contributed by atoms with Gasteiger partial charge in [0.1, 0.15) is 5.51 Å². The van der Waals surface area contributed by atoms with Crippen molar-refractivity contribution >= 4 is 29.0 Å². The van der Waals surface area contributed by atoms with E-state index in [2.05, 4.69) is 27.6 Å². The fourth-order valence-electron chi connectivity index (χ4n) is 1.54. The van der Waals surface area contributed by atoms with Crippen LogP contribution >= 0.6 is 23.1 Å². The second-order valence-corrected chi connectivity index (χ2v) is 6.41. The highest BCUT2D eigenvalue weighted by molar-refractivity contribution is 8.02. The third-order valence-corrected chi connectivity index (χ3v) is 4.45. The number of carbonyl (C=O) groups is 1. The molecule has 19 heavy (non-hydrogen) atoms. The number of thioether (sulfide) groups is 1. The molecule has 0 fully saturated rings. The second kappa shape index (κ2) is 7.25. The SMILES string of the molecule is C[C@H](Sc1nncs1)C(=O)NCCc1ccccc1. The molecule has 0 unspecified atom stereocenters. The van der Waals surface area contributed by atoms with Crippen LogP contribution in [0.2, 0.25) is 0 Å². The maximum atomic E-state index is 11.9. The van der Waals surface area contributed by atoms with Gasteiger partial charge in [-0.3, -0.25) is 4.79 Å².